The molecule has 2 nitrogen and oxygen atoms in total. The number of carbonyl (C=O) groups excluding carboxylic acids is 1. The molecular weight excluding hydrogens is 212 g/mol. The van der Waals surface area contributed by atoms with E-state index >= 15 is 0 Å². The lowest BCUT2D eigenvalue weighted by Crippen LogP contribution is -2.01. The van der Waals surface area contributed by atoms with Crippen molar-refractivity contribution < 1.29 is 9.53 Å². The minimum atomic E-state index is -0.308. The van der Waals surface area contributed by atoms with Gasteiger partial charge in [0.25, 0.3) is 0 Å². The fraction of sp³-hybridized carbons (Fsp3) is 0.250. The minimum absolute atomic E-state index is 0.0963. The molecule has 3 heteroatoms. The molecule has 0 spiro atoms. The van der Waals surface area contributed by atoms with Crippen LogP contribution < -0.4 is 0 Å². The molecule has 1 rings (SSSR count). The van der Waals surface area contributed by atoms with Crippen molar-refractivity contribution in [1.29, 1.82) is 0 Å². The van der Waals surface area contributed by atoms with Gasteiger partial charge >= 0.3 is 5.97 Å². The summed E-state index contributed by atoms with van der Waals surface area (Å²) in [4.78, 5) is 11.0. The van der Waals surface area contributed by atoms with Crippen molar-refractivity contribution in [1.82, 2.24) is 0 Å². The van der Waals surface area contributed by atoms with E-state index in [2.05, 4.69) is 11.8 Å². The van der Waals surface area contributed by atoms with Gasteiger partial charge in [-0.25, -0.2) is 0 Å². The highest BCUT2D eigenvalue weighted by molar-refractivity contribution is 6.31. The summed E-state index contributed by atoms with van der Waals surface area (Å²) in [6, 6.07) is 7.25. The van der Waals surface area contributed by atoms with Gasteiger partial charge in [0.2, 0.25) is 0 Å². The van der Waals surface area contributed by atoms with Gasteiger partial charge in [0.1, 0.15) is 6.42 Å². The predicted molar refractivity (Wildman–Crippen MR) is 59.6 cm³/mol. The molecule has 1 aromatic carbocycles. The summed E-state index contributed by atoms with van der Waals surface area (Å²) in [5.41, 5.74) is 0.725. The van der Waals surface area contributed by atoms with E-state index in [1.54, 1.807) is 19.1 Å². The zero-order chi connectivity index (χ0) is 11.1. The molecule has 78 valence electrons. The van der Waals surface area contributed by atoms with Crippen LogP contribution in [0.1, 0.15) is 18.9 Å². The van der Waals surface area contributed by atoms with Gasteiger partial charge < -0.3 is 4.74 Å². The van der Waals surface area contributed by atoms with E-state index in [9.17, 15) is 4.79 Å². The van der Waals surface area contributed by atoms with Gasteiger partial charge in [0, 0.05) is 5.56 Å². The van der Waals surface area contributed by atoms with E-state index in [0.29, 0.717) is 11.6 Å². The second-order valence-electron chi connectivity index (χ2n) is 2.76. The number of hydrogen-bond donors (Lipinski definition) is 0. The Balaban J connectivity index is 2.59. The molecule has 0 aliphatic heterocycles. The van der Waals surface area contributed by atoms with Crippen LogP contribution in [0.4, 0.5) is 0 Å². The standard InChI is InChI=1S/C12H11ClO2/c1-2-15-12(14)9-5-7-10-6-3-4-8-11(10)13/h3-4,6,8H,2,9H2,1H3. The first-order chi connectivity index (χ1) is 7.24. The van der Waals surface area contributed by atoms with Crippen molar-refractivity contribution in [3.8, 4) is 11.8 Å². The molecule has 1 aromatic rings. The largest absolute Gasteiger partial charge is 0.465 e. The minimum Gasteiger partial charge on any atom is -0.465 e. The van der Waals surface area contributed by atoms with Crippen LogP contribution in [0.25, 0.3) is 0 Å². The maximum Gasteiger partial charge on any atom is 0.317 e. The van der Waals surface area contributed by atoms with Crippen LogP contribution in [0, 0.1) is 11.8 Å². The predicted octanol–water partition coefficient (Wildman–Crippen LogP) is 2.64. The van der Waals surface area contributed by atoms with Crippen molar-refractivity contribution in [2.24, 2.45) is 0 Å². The highest BCUT2D eigenvalue weighted by Crippen LogP contribution is 2.12. The molecule has 0 N–H and O–H groups in total. The van der Waals surface area contributed by atoms with Gasteiger partial charge in [0.05, 0.1) is 11.6 Å². The summed E-state index contributed by atoms with van der Waals surface area (Å²) >= 11 is 5.88. The molecule has 0 bridgehead atoms. The van der Waals surface area contributed by atoms with Crippen LogP contribution >= 0.6 is 11.6 Å². The van der Waals surface area contributed by atoms with E-state index < -0.39 is 0 Å². The lowest BCUT2D eigenvalue weighted by molar-refractivity contribution is -0.141. The Labute approximate surface area is 94.2 Å². The van der Waals surface area contributed by atoms with Gasteiger partial charge in [-0.3, -0.25) is 4.79 Å². The Kier molecular flexibility index (Phi) is 4.73. The Morgan fingerprint density at radius 3 is 2.87 bits per heavy atom. The molecule has 0 heterocycles. The molecule has 0 fully saturated rings. The molecule has 0 saturated heterocycles. The molecule has 0 aromatic heterocycles. The van der Waals surface area contributed by atoms with E-state index in [1.807, 2.05) is 12.1 Å². The number of hydrogen-bond acceptors (Lipinski definition) is 2. The van der Waals surface area contributed by atoms with Crippen molar-refractivity contribution in [2.75, 3.05) is 6.61 Å². The third-order valence-corrected chi connectivity index (χ3v) is 1.96. The second kappa shape index (κ2) is 6.10. The van der Waals surface area contributed by atoms with Crippen molar-refractivity contribution in [2.45, 2.75) is 13.3 Å². The Morgan fingerprint density at radius 1 is 1.47 bits per heavy atom. The van der Waals surface area contributed by atoms with Gasteiger partial charge in [-0.1, -0.05) is 35.6 Å². The average Bonchev–Trinajstić information content (AvgIpc) is 2.21. The number of ether oxygens (including phenoxy) is 1. The number of carbonyl (C=O) groups is 1. The summed E-state index contributed by atoms with van der Waals surface area (Å²) < 4.78 is 4.74. The molecule has 0 radical (unpaired) electrons. The first kappa shape index (κ1) is 11.6. The number of rotatable bonds is 2. The first-order valence-corrected chi connectivity index (χ1v) is 5.01. The van der Waals surface area contributed by atoms with Crippen LogP contribution in [0.2, 0.25) is 5.02 Å². The zero-order valence-corrected chi connectivity index (χ0v) is 9.17. The quantitative estimate of drug-likeness (QED) is 0.568. The van der Waals surface area contributed by atoms with Crippen LogP contribution in [0.5, 0.6) is 0 Å². The summed E-state index contributed by atoms with van der Waals surface area (Å²) in [5.74, 6) is 5.23. The van der Waals surface area contributed by atoms with Crippen LogP contribution in [-0.2, 0) is 9.53 Å². The van der Waals surface area contributed by atoms with E-state index in [-0.39, 0.29) is 12.4 Å². The first-order valence-electron chi connectivity index (χ1n) is 4.63. The topological polar surface area (TPSA) is 26.3 Å². The summed E-state index contributed by atoms with van der Waals surface area (Å²) in [6.07, 6.45) is 0.0963. The molecular formula is C12H11ClO2. The molecule has 0 aliphatic rings. The van der Waals surface area contributed by atoms with Crippen molar-refractivity contribution in [3.63, 3.8) is 0 Å². The smallest absolute Gasteiger partial charge is 0.317 e. The zero-order valence-electron chi connectivity index (χ0n) is 8.42. The Morgan fingerprint density at radius 2 is 2.20 bits per heavy atom. The number of benzene rings is 1. The molecule has 0 atom stereocenters. The summed E-state index contributed by atoms with van der Waals surface area (Å²) in [7, 11) is 0. The van der Waals surface area contributed by atoms with Crippen molar-refractivity contribution >= 4 is 17.6 Å². The van der Waals surface area contributed by atoms with Gasteiger partial charge in [0.15, 0.2) is 0 Å². The molecule has 0 amide bonds. The van der Waals surface area contributed by atoms with E-state index in [1.165, 1.54) is 0 Å². The maximum atomic E-state index is 11.0. The highest BCUT2D eigenvalue weighted by Gasteiger charge is 1.97. The lowest BCUT2D eigenvalue weighted by atomic mass is 10.2. The SMILES string of the molecule is CCOC(=O)CC#Cc1ccccc1Cl. The Hall–Kier alpha value is -1.46. The fourth-order valence-electron chi connectivity index (χ4n) is 0.986. The molecule has 15 heavy (non-hydrogen) atoms. The van der Waals surface area contributed by atoms with Crippen molar-refractivity contribution in [3.05, 3.63) is 34.9 Å². The third kappa shape index (κ3) is 4.05. The number of halogens is 1. The maximum absolute atomic E-state index is 11.0. The third-order valence-electron chi connectivity index (χ3n) is 1.63. The highest BCUT2D eigenvalue weighted by atomic mass is 35.5. The number of esters is 1. The second-order valence-corrected chi connectivity index (χ2v) is 3.17. The fourth-order valence-corrected chi connectivity index (χ4v) is 1.17. The molecule has 0 aliphatic carbocycles. The van der Waals surface area contributed by atoms with Crippen LogP contribution in [0.15, 0.2) is 24.3 Å². The summed E-state index contributed by atoms with van der Waals surface area (Å²) in [6.45, 7) is 2.14. The van der Waals surface area contributed by atoms with Crippen LogP contribution in [0.3, 0.4) is 0 Å². The molecule has 0 unspecified atom stereocenters. The van der Waals surface area contributed by atoms with E-state index in [0.717, 1.165) is 5.56 Å². The van der Waals surface area contributed by atoms with E-state index in [4.69, 9.17) is 16.3 Å². The monoisotopic (exact) mass is 222 g/mol. The molecule has 0 saturated carbocycles. The lowest BCUT2D eigenvalue weighted by Gasteiger charge is -1.95. The summed E-state index contributed by atoms with van der Waals surface area (Å²) in [5, 5.41) is 0.592. The van der Waals surface area contributed by atoms with Crippen LogP contribution in [-0.4, -0.2) is 12.6 Å². The Bertz CT molecular complexity index is 402. The average molecular weight is 223 g/mol. The van der Waals surface area contributed by atoms with Gasteiger partial charge in [-0.2, -0.15) is 0 Å². The van der Waals surface area contributed by atoms with Gasteiger partial charge in [-0.15, -0.1) is 0 Å². The van der Waals surface area contributed by atoms with Gasteiger partial charge in [-0.05, 0) is 19.1 Å². The normalized spacial score (nSPS) is 8.93.